The van der Waals surface area contributed by atoms with E-state index in [1.165, 1.54) is 22.7 Å². The fourth-order valence-corrected chi connectivity index (χ4v) is 3.73. The fraction of sp³-hybridized carbons (Fsp3) is 0.0476. The lowest BCUT2D eigenvalue weighted by atomic mass is 10.2. The molecule has 0 radical (unpaired) electrons. The molecule has 2 aromatic carbocycles. The Morgan fingerprint density at radius 3 is 2.70 bits per heavy atom. The van der Waals surface area contributed by atoms with E-state index in [-0.39, 0.29) is 17.3 Å². The molecule has 4 rings (SSSR count). The second kappa shape index (κ2) is 10.6. The van der Waals surface area contributed by atoms with Crippen molar-refractivity contribution in [2.75, 3.05) is 5.73 Å². The predicted octanol–water partition coefficient (Wildman–Crippen LogP) is 3.61. The highest BCUT2D eigenvalue weighted by molar-refractivity contribution is 7.98. The molecule has 0 atom stereocenters. The molecular formula is C21H17ClN8O2S. The maximum atomic E-state index is 12.7. The molecule has 2 aromatic heterocycles. The zero-order chi connectivity index (χ0) is 23.0. The number of carbonyl (C=O) groups is 1. The number of carbonyl (C=O) groups excluding carboxylic acids is 1. The lowest BCUT2D eigenvalue weighted by Crippen LogP contribution is -2.20. The first-order valence-electron chi connectivity index (χ1n) is 9.58. The third-order valence-corrected chi connectivity index (χ3v) is 5.55. The van der Waals surface area contributed by atoms with Gasteiger partial charge in [-0.05, 0) is 46.2 Å². The van der Waals surface area contributed by atoms with Crippen molar-refractivity contribution < 1.29 is 9.42 Å². The van der Waals surface area contributed by atoms with Crippen molar-refractivity contribution in [2.24, 2.45) is 5.10 Å². The van der Waals surface area contributed by atoms with E-state index < -0.39 is 5.91 Å². The molecule has 33 heavy (non-hydrogen) atoms. The van der Waals surface area contributed by atoms with E-state index in [1.54, 1.807) is 18.2 Å². The average Bonchev–Trinajstić information content (AvgIpc) is 3.44. The topological polar surface area (TPSA) is 137 Å². The van der Waals surface area contributed by atoms with Crippen LogP contribution in [0.4, 0.5) is 5.82 Å². The summed E-state index contributed by atoms with van der Waals surface area (Å²) in [5, 5.41) is 19.9. The Balaban J connectivity index is 1.51. The lowest BCUT2D eigenvalue weighted by molar-refractivity contribution is 0.0949. The van der Waals surface area contributed by atoms with Crippen LogP contribution in [0.1, 0.15) is 21.7 Å². The molecule has 0 saturated heterocycles. The van der Waals surface area contributed by atoms with Crippen LogP contribution in [0, 0.1) is 0 Å². The Morgan fingerprint density at radius 1 is 1.18 bits per heavy atom. The molecule has 0 spiro atoms. The predicted molar refractivity (Wildman–Crippen MR) is 126 cm³/mol. The number of benzene rings is 2. The van der Waals surface area contributed by atoms with Crippen molar-refractivity contribution in [3.05, 3.63) is 82.6 Å². The molecule has 12 heteroatoms. The number of hydrazone groups is 1. The first kappa shape index (κ1) is 22.2. The molecule has 0 saturated carbocycles. The van der Waals surface area contributed by atoms with Crippen LogP contribution >= 0.6 is 23.4 Å². The molecule has 166 valence electrons. The minimum Gasteiger partial charge on any atom is -0.378 e. The summed E-state index contributed by atoms with van der Waals surface area (Å²) in [7, 11) is 0. The van der Waals surface area contributed by atoms with Gasteiger partial charge in [-0.15, -0.1) is 16.9 Å². The number of allylic oxidation sites excluding steroid dienone is 1. The Hall–Kier alpha value is -3.96. The molecule has 10 nitrogen and oxygen atoms in total. The zero-order valence-corrected chi connectivity index (χ0v) is 18.6. The van der Waals surface area contributed by atoms with E-state index in [9.17, 15) is 4.79 Å². The lowest BCUT2D eigenvalue weighted by Gasteiger charge is -2.06. The number of halogens is 1. The second-order valence-electron chi connectivity index (χ2n) is 6.50. The number of anilines is 1. The van der Waals surface area contributed by atoms with Crippen LogP contribution in [0.3, 0.4) is 0 Å². The molecular weight excluding hydrogens is 464 g/mol. The molecule has 2 heterocycles. The van der Waals surface area contributed by atoms with Gasteiger partial charge in [0, 0.05) is 21.9 Å². The van der Waals surface area contributed by atoms with Gasteiger partial charge in [0.1, 0.15) is 0 Å². The fourth-order valence-electron chi connectivity index (χ4n) is 2.71. The van der Waals surface area contributed by atoms with E-state index in [0.717, 1.165) is 10.5 Å². The molecule has 0 bridgehead atoms. The number of rotatable bonds is 8. The van der Waals surface area contributed by atoms with Gasteiger partial charge in [-0.2, -0.15) is 9.78 Å². The van der Waals surface area contributed by atoms with E-state index in [0.29, 0.717) is 16.5 Å². The van der Waals surface area contributed by atoms with E-state index >= 15 is 0 Å². The molecule has 0 aliphatic rings. The van der Waals surface area contributed by atoms with Crippen LogP contribution < -0.4 is 11.2 Å². The van der Waals surface area contributed by atoms with Crippen LogP contribution in [0.2, 0.25) is 5.02 Å². The van der Waals surface area contributed by atoms with Crippen molar-refractivity contribution in [3.8, 4) is 5.82 Å². The number of hydrogen-bond donors (Lipinski definition) is 2. The largest absolute Gasteiger partial charge is 0.378 e. The first-order valence-corrected chi connectivity index (χ1v) is 10.9. The highest BCUT2D eigenvalue weighted by Gasteiger charge is 2.23. The summed E-state index contributed by atoms with van der Waals surface area (Å²) in [5.41, 5.74) is 9.79. The quantitative estimate of drug-likeness (QED) is 0.221. The third kappa shape index (κ3) is 5.64. The Labute approximate surface area is 197 Å². The van der Waals surface area contributed by atoms with Gasteiger partial charge in [-0.25, -0.2) is 10.1 Å². The van der Waals surface area contributed by atoms with Crippen LogP contribution in [-0.2, 0) is 5.75 Å². The number of nitrogens with one attached hydrogen (secondary N) is 1. The van der Waals surface area contributed by atoms with E-state index in [1.807, 2.05) is 48.5 Å². The summed E-state index contributed by atoms with van der Waals surface area (Å²) < 4.78 is 5.98. The highest BCUT2D eigenvalue weighted by atomic mass is 35.5. The van der Waals surface area contributed by atoms with Crippen LogP contribution in [0.15, 0.2) is 75.3 Å². The molecule has 0 fully saturated rings. The second-order valence-corrected chi connectivity index (χ2v) is 7.99. The summed E-state index contributed by atoms with van der Waals surface area (Å²) in [5.74, 6) is -0.0371. The van der Waals surface area contributed by atoms with Crippen molar-refractivity contribution in [1.82, 2.24) is 30.7 Å². The molecule has 4 aromatic rings. The molecule has 0 aliphatic heterocycles. The van der Waals surface area contributed by atoms with Gasteiger partial charge in [-0.3, -0.25) is 4.79 Å². The zero-order valence-electron chi connectivity index (χ0n) is 17.0. The summed E-state index contributed by atoms with van der Waals surface area (Å²) in [4.78, 5) is 13.7. The number of nitrogen functional groups attached to an aromatic ring is 1. The maximum absolute atomic E-state index is 12.7. The number of thioether (sulfide) groups is 1. The van der Waals surface area contributed by atoms with Crippen LogP contribution in [-0.4, -0.2) is 37.4 Å². The monoisotopic (exact) mass is 480 g/mol. The van der Waals surface area contributed by atoms with Gasteiger partial charge >= 0.3 is 0 Å². The van der Waals surface area contributed by atoms with Gasteiger partial charge in [0.2, 0.25) is 11.6 Å². The molecule has 3 N–H and O–H groups in total. The van der Waals surface area contributed by atoms with Gasteiger partial charge in [-0.1, -0.05) is 53.2 Å². The minimum absolute atomic E-state index is 0.0219. The minimum atomic E-state index is -0.535. The summed E-state index contributed by atoms with van der Waals surface area (Å²) in [6.45, 7) is 0. The van der Waals surface area contributed by atoms with Crippen molar-refractivity contribution >= 4 is 47.4 Å². The molecule has 0 aliphatic carbocycles. The number of hydrogen-bond acceptors (Lipinski definition) is 9. The summed E-state index contributed by atoms with van der Waals surface area (Å²) >= 11 is 7.41. The number of nitrogens with zero attached hydrogens (tertiary/aromatic N) is 6. The standard InChI is InChI=1S/C21H17ClN8O2S/c22-15-8-10-16(11-9-15)33-13-17-18(25-29-30(17)20-19(23)27-32-28-20)21(31)26-24-12-4-7-14-5-2-1-3-6-14/h1-12H,13H2,(H2,23,27)(H,26,31)/b7-4+,24-12+. The summed E-state index contributed by atoms with van der Waals surface area (Å²) in [6, 6.07) is 17.0. The summed E-state index contributed by atoms with van der Waals surface area (Å²) in [6.07, 6.45) is 5.04. The number of nitrogens with two attached hydrogens (primary N) is 1. The number of aromatic nitrogens is 5. The van der Waals surface area contributed by atoms with Crippen molar-refractivity contribution in [2.45, 2.75) is 10.6 Å². The van der Waals surface area contributed by atoms with Crippen LogP contribution in [0.5, 0.6) is 0 Å². The number of amides is 1. The molecule has 1 amide bonds. The highest BCUT2D eigenvalue weighted by Crippen LogP contribution is 2.27. The Bertz CT molecular complexity index is 1290. The Morgan fingerprint density at radius 2 is 1.97 bits per heavy atom. The normalized spacial score (nSPS) is 11.4. The van der Waals surface area contributed by atoms with Gasteiger partial charge in [0.25, 0.3) is 5.91 Å². The Kier molecular flexibility index (Phi) is 7.12. The smallest absolute Gasteiger partial charge is 0.293 e. The van der Waals surface area contributed by atoms with E-state index in [4.69, 9.17) is 17.3 Å². The van der Waals surface area contributed by atoms with Crippen molar-refractivity contribution in [1.29, 1.82) is 0 Å². The van der Waals surface area contributed by atoms with Crippen molar-refractivity contribution in [3.63, 3.8) is 0 Å². The molecule has 0 unspecified atom stereocenters. The maximum Gasteiger partial charge on any atom is 0.293 e. The van der Waals surface area contributed by atoms with E-state index in [2.05, 4.69) is 35.8 Å². The van der Waals surface area contributed by atoms with Crippen LogP contribution in [0.25, 0.3) is 11.9 Å². The van der Waals surface area contributed by atoms with Gasteiger partial charge in [0.05, 0.1) is 5.69 Å². The third-order valence-electron chi connectivity index (χ3n) is 4.28. The van der Waals surface area contributed by atoms with Gasteiger partial charge in [0.15, 0.2) is 5.69 Å². The SMILES string of the molecule is Nc1nonc1-n1nnc(C(=O)N/N=C/C=C/c2ccccc2)c1CSc1ccc(Cl)cc1. The van der Waals surface area contributed by atoms with Gasteiger partial charge < -0.3 is 5.73 Å². The average molecular weight is 481 g/mol. The first-order chi connectivity index (χ1) is 16.1.